The molecule has 0 spiro atoms. The molecule has 0 atom stereocenters. The highest BCUT2D eigenvalue weighted by Crippen LogP contribution is 2.25. The lowest BCUT2D eigenvalue weighted by molar-refractivity contribution is 0.0745. The summed E-state index contributed by atoms with van der Waals surface area (Å²) in [6.45, 7) is 1.31. The molecular formula is C18H14BrN3O. The standard InChI is InChI=1S/C18H14BrN3O/c19-15-7-5-12(6-8-15)16-9-17(21-20-16)18(23)22-10-13-3-1-2-4-14(13)11-22/h1-9H,10-11H2,(H,20,21). The van der Waals surface area contributed by atoms with Crippen molar-refractivity contribution >= 4 is 21.8 Å². The molecule has 1 aliphatic rings. The number of nitrogens with zero attached hydrogens (tertiary/aromatic N) is 2. The van der Waals surface area contributed by atoms with Gasteiger partial charge in [-0.1, -0.05) is 52.3 Å². The minimum absolute atomic E-state index is 0.0166. The number of rotatable bonds is 2. The van der Waals surface area contributed by atoms with E-state index in [0.717, 1.165) is 15.7 Å². The fourth-order valence-corrected chi connectivity index (χ4v) is 3.11. The first-order valence-corrected chi connectivity index (χ1v) is 8.17. The number of carbonyl (C=O) groups excluding carboxylic acids is 1. The number of aromatic amines is 1. The van der Waals surface area contributed by atoms with Crippen molar-refractivity contribution in [1.29, 1.82) is 0 Å². The number of aromatic nitrogens is 2. The van der Waals surface area contributed by atoms with Gasteiger partial charge in [0.2, 0.25) is 0 Å². The first-order chi connectivity index (χ1) is 11.2. The molecule has 1 aliphatic heterocycles. The molecule has 1 aromatic heterocycles. The van der Waals surface area contributed by atoms with Gasteiger partial charge in [-0.3, -0.25) is 9.89 Å². The van der Waals surface area contributed by atoms with Crippen LogP contribution in [-0.2, 0) is 13.1 Å². The molecule has 2 aromatic carbocycles. The van der Waals surface area contributed by atoms with Crippen molar-refractivity contribution in [3.63, 3.8) is 0 Å². The summed E-state index contributed by atoms with van der Waals surface area (Å²) < 4.78 is 1.02. The third-order valence-electron chi connectivity index (χ3n) is 4.08. The van der Waals surface area contributed by atoms with Crippen LogP contribution in [0.5, 0.6) is 0 Å². The number of hydrogen-bond acceptors (Lipinski definition) is 2. The Balaban J connectivity index is 1.55. The van der Waals surface area contributed by atoms with Gasteiger partial charge in [0, 0.05) is 23.1 Å². The first kappa shape index (κ1) is 14.2. The van der Waals surface area contributed by atoms with Crippen LogP contribution in [-0.4, -0.2) is 21.0 Å². The van der Waals surface area contributed by atoms with Crippen LogP contribution in [0, 0.1) is 0 Å². The maximum Gasteiger partial charge on any atom is 0.272 e. The number of halogens is 1. The summed E-state index contributed by atoms with van der Waals surface area (Å²) in [7, 11) is 0. The predicted molar refractivity (Wildman–Crippen MR) is 91.7 cm³/mol. The molecule has 0 saturated heterocycles. The van der Waals surface area contributed by atoms with Crippen molar-refractivity contribution in [2.45, 2.75) is 13.1 Å². The van der Waals surface area contributed by atoms with Gasteiger partial charge in [0.15, 0.2) is 0 Å². The number of benzene rings is 2. The summed E-state index contributed by atoms with van der Waals surface area (Å²) in [5.41, 5.74) is 4.71. The summed E-state index contributed by atoms with van der Waals surface area (Å²) in [5.74, 6) is -0.0166. The van der Waals surface area contributed by atoms with Gasteiger partial charge in [0.1, 0.15) is 5.69 Å². The van der Waals surface area contributed by atoms with Gasteiger partial charge in [-0.15, -0.1) is 0 Å². The molecule has 5 heteroatoms. The molecule has 4 rings (SSSR count). The van der Waals surface area contributed by atoms with E-state index in [1.54, 1.807) is 0 Å². The predicted octanol–water partition coefficient (Wildman–Crippen LogP) is 4.00. The van der Waals surface area contributed by atoms with Crippen molar-refractivity contribution in [3.05, 3.63) is 75.9 Å². The van der Waals surface area contributed by atoms with Crippen molar-refractivity contribution in [2.75, 3.05) is 0 Å². The van der Waals surface area contributed by atoms with Crippen molar-refractivity contribution in [3.8, 4) is 11.3 Å². The van der Waals surface area contributed by atoms with Crippen molar-refractivity contribution < 1.29 is 4.79 Å². The molecule has 0 bridgehead atoms. The third kappa shape index (κ3) is 2.68. The molecule has 0 aliphatic carbocycles. The molecule has 23 heavy (non-hydrogen) atoms. The summed E-state index contributed by atoms with van der Waals surface area (Å²) in [4.78, 5) is 14.5. The number of carbonyl (C=O) groups is 1. The molecular weight excluding hydrogens is 354 g/mol. The molecule has 1 N–H and O–H groups in total. The summed E-state index contributed by atoms with van der Waals surface area (Å²) >= 11 is 3.42. The number of hydrogen-bond donors (Lipinski definition) is 1. The molecule has 114 valence electrons. The van der Waals surface area contributed by atoms with Crippen molar-refractivity contribution in [2.24, 2.45) is 0 Å². The minimum atomic E-state index is -0.0166. The van der Waals surface area contributed by atoms with Crippen LogP contribution in [0.1, 0.15) is 21.6 Å². The van der Waals surface area contributed by atoms with Gasteiger partial charge in [-0.25, -0.2) is 0 Å². The highest BCUT2D eigenvalue weighted by Gasteiger charge is 2.25. The molecule has 0 unspecified atom stereocenters. The number of nitrogens with one attached hydrogen (secondary N) is 1. The van der Waals surface area contributed by atoms with E-state index in [9.17, 15) is 4.79 Å². The summed E-state index contributed by atoms with van der Waals surface area (Å²) in [6.07, 6.45) is 0. The minimum Gasteiger partial charge on any atom is -0.329 e. The summed E-state index contributed by atoms with van der Waals surface area (Å²) in [5, 5.41) is 7.14. The Hall–Kier alpha value is -2.40. The van der Waals surface area contributed by atoms with Crippen LogP contribution < -0.4 is 0 Å². The molecule has 0 radical (unpaired) electrons. The van der Waals surface area contributed by atoms with E-state index in [0.29, 0.717) is 18.8 Å². The molecule has 1 amide bonds. The lowest BCUT2D eigenvalue weighted by atomic mass is 10.1. The maximum absolute atomic E-state index is 12.7. The highest BCUT2D eigenvalue weighted by molar-refractivity contribution is 9.10. The van der Waals surface area contributed by atoms with Gasteiger partial charge in [-0.05, 0) is 29.3 Å². The average Bonchev–Trinajstić information content (AvgIpc) is 3.22. The molecule has 3 aromatic rings. The van der Waals surface area contributed by atoms with Crippen LogP contribution in [0.25, 0.3) is 11.3 Å². The fraction of sp³-hybridized carbons (Fsp3) is 0.111. The van der Waals surface area contributed by atoms with Crippen molar-refractivity contribution in [1.82, 2.24) is 15.1 Å². The Bertz CT molecular complexity index is 845. The van der Waals surface area contributed by atoms with Crippen LogP contribution in [0.15, 0.2) is 59.1 Å². The zero-order valence-electron chi connectivity index (χ0n) is 12.3. The van der Waals surface area contributed by atoms with Gasteiger partial charge < -0.3 is 4.90 Å². The van der Waals surface area contributed by atoms with Gasteiger partial charge in [-0.2, -0.15) is 5.10 Å². The van der Waals surface area contributed by atoms with Gasteiger partial charge in [0.25, 0.3) is 5.91 Å². The smallest absolute Gasteiger partial charge is 0.272 e. The quantitative estimate of drug-likeness (QED) is 0.744. The third-order valence-corrected chi connectivity index (χ3v) is 4.60. The Kier molecular flexibility index (Phi) is 3.50. The second-order valence-electron chi connectivity index (χ2n) is 5.60. The lowest BCUT2D eigenvalue weighted by Crippen LogP contribution is -2.25. The molecule has 0 fully saturated rings. The van der Waals surface area contributed by atoms with Gasteiger partial charge >= 0.3 is 0 Å². The van der Waals surface area contributed by atoms with Crippen LogP contribution in [0.4, 0.5) is 0 Å². The maximum atomic E-state index is 12.7. The molecule has 2 heterocycles. The zero-order chi connectivity index (χ0) is 15.8. The Labute approximate surface area is 142 Å². The highest BCUT2D eigenvalue weighted by atomic mass is 79.9. The largest absolute Gasteiger partial charge is 0.329 e. The second-order valence-corrected chi connectivity index (χ2v) is 6.52. The van der Waals surface area contributed by atoms with E-state index in [2.05, 4.69) is 38.3 Å². The number of amides is 1. The average molecular weight is 368 g/mol. The second kappa shape index (κ2) is 5.66. The topological polar surface area (TPSA) is 49.0 Å². The monoisotopic (exact) mass is 367 g/mol. The van der Waals surface area contributed by atoms with E-state index in [1.807, 2.05) is 47.4 Å². The normalized spacial score (nSPS) is 13.2. The molecule has 4 nitrogen and oxygen atoms in total. The van der Waals surface area contributed by atoms with E-state index >= 15 is 0 Å². The van der Waals surface area contributed by atoms with E-state index in [-0.39, 0.29) is 5.91 Å². The van der Waals surface area contributed by atoms with Crippen LogP contribution in [0.3, 0.4) is 0 Å². The van der Waals surface area contributed by atoms with E-state index < -0.39 is 0 Å². The Morgan fingerprint density at radius 1 is 1.04 bits per heavy atom. The SMILES string of the molecule is O=C(c1cc(-c2ccc(Br)cc2)n[nH]1)N1Cc2ccccc2C1. The summed E-state index contributed by atoms with van der Waals surface area (Å²) in [6, 6.07) is 17.8. The lowest BCUT2D eigenvalue weighted by Gasteiger charge is -2.13. The molecule has 0 saturated carbocycles. The van der Waals surface area contributed by atoms with Crippen LogP contribution >= 0.6 is 15.9 Å². The van der Waals surface area contributed by atoms with Crippen LogP contribution in [0.2, 0.25) is 0 Å². The number of H-pyrrole nitrogens is 1. The van der Waals surface area contributed by atoms with E-state index in [4.69, 9.17) is 0 Å². The Morgan fingerprint density at radius 2 is 1.70 bits per heavy atom. The fourth-order valence-electron chi connectivity index (χ4n) is 2.85. The Morgan fingerprint density at radius 3 is 2.35 bits per heavy atom. The first-order valence-electron chi connectivity index (χ1n) is 7.38. The number of fused-ring (bicyclic) bond motifs is 1. The van der Waals surface area contributed by atoms with Gasteiger partial charge in [0.05, 0.1) is 5.69 Å². The zero-order valence-corrected chi connectivity index (χ0v) is 13.9. The van der Waals surface area contributed by atoms with E-state index in [1.165, 1.54) is 11.1 Å².